The molecule has 5 nitrogen and oxygen atoms in total. The van der Waals surface area contributed by atoms with Crippen LogP contribution in [-0.2, 0) is 16.0 Å². The first-order chi connectivity index (χ1) is 14.0. The zero-order valence-electron chi connectivity index (χ0n) is 18.0. The van der Waals surface area contributed by atoms with Crippen molar-refractivity contribution < 1.29 is 9.59 Å². The summed E-state index contributed by atoms with van der Waals surface area (Å²) in [6.07, 6.45) is 6.51. The minimum absolute atomic E-state index is 0.00418. The minimum atomic E-state index is -0.432. The van der Waals surface area contributed by atoms with Crippen molar-refractivity contribution in [3.8, 4) is 11.1 Å². The second-order valence-electron chi connectivity index (χ2n) is 7.03. The summed E-state index contributed by atoms with van der Waals surface area (Å²) in [5.41, 5.74) is 3.98. The van der Waals surface area contributed by atoms with Crippen molar-refractivity contribution in [2.75, 3.05) is 0 Å². The van der Waals surface area contributed by atoms with E-state index in [4.69, 9.17) is 0 Å². The van der Waals surface area contributed by atoms with E-state index in [1.165, 1.54) is 6.92 Å². The molecule has 0 bridgehead atoms. The first kappa shape index (κ1) is 22.3. The Bertz CT molecular complexity index is 947. The summed E-state index contributed by atoms with van der Waals surface area (Å²) >= 11 is 0. The average Bonchev–Trinajstić information content (AvgIpc) is 3.15. The Morgan fingerprint density at radius 3 is 2.55 bits per heavy atom. The molecule has 0 radical (unpaired) electrons. The van der Waals surface area contributed by atoms with E-state index in [0.29, 0.717) is 0 Å². The second kappa shape index (κ2) is 10.6. The van der Waals surface area contributed by atoms with E-state index >= 15 is 0 Å². The predicted molar refractivity (Wildman–Crippen MR) is 119 cm³/mol. The summed E-state index contributed by atoms with van der Waals surface area (Å²) in [5.74, 6) is -0.0229. The van der Waals surface area contributed by atoms with E-state index < -0.39 is 6.04 Å². The molecule has 1 unspecified atom stereocenters. The van der Waals surface area contributed by atoms with Crippen LogP contribution in [0.25, 0.3) is 22.0 Å². The van der Waals surface area contributed by atoms with Crippen molar-refractivity contribution in [3.05, 3.63) is 54.5 Å². The number of pyridine rings is 1. The number of aromatic nitrogens is 2. The molecule has 2 aromatic heterocycles. The number of benzene rings is 1. The lowest BCUT2D eigenvalue weighted by Crippen LogP contribution is -2.44. The number of hydrogen-bond donors (Lipinski definition) is 2. The van der Waals surface area contributed by atoms with Crippen molar-refractivity contribution in [3.63, 3.8) is 0 Å². The highest BCUT2D eigenvalue weighted by atomic mass is 16.2. The van der Waals surface area contributed by atoms with Gasteiger partial charge in [-0.1, -0.05) is 46.2 Å². The zero-order valence-corrected chi connectivity index (χ0v) is 18.0. The summed E-state index contributed by atoms with van der Waals surface area (Å²) in [6.45, 7) is 9.54. The van der Waals surface area contributed by atoms with E-state index in [0.717, 1.165) is 34.0 Å². The third kappa shape index (κ3) is 5.53. The normalized spacial score (nSPS) is 12.6. The van der Waals surface area contributed by atoms with Gasteiger partial charge >= 0.3 is 0 Å². The molecule has 154 valence electrons. The van der Waals surface area contributed by atoms with Gasteiger partial charge < -0.3 is 10.3 Å². The third-order valence-corrected chi connectivity index (χ3v) is 5.08. The standard InChI is InChI=1S/C22H25N3O2.C2H6/c1-4-14(2)22(15(3)26)25-21(27)11-18-13-24-20-8-7-16(10-19(18)20)17-6-5-9-23-12-17;1-2/h5-10,12-14,22,24H,4,11H2,1-3H3,(H,25,27);1-2H3/t14-,22?;/m0./s1. The topological polar surface area (TPSA) is 74.8 Å². The van der Waals surface area contributed by atoms with Crippen molar-refractivity contribution in [1.82, 2.24) is 15.3 Å². The highest BCUT2D eigenvalue weighted by molar-refractivity contribution is 5.93. The Hall–Kier alpha value is -2.95. The number of nitrogens with zero attached hydrogens (tertiary/aromatic N) is 1. The minimum Gasteiger partial charge on any atom is -0.361 e. The molecule has 0 saturated heterocycles. The van der Waals surface area contributed by atoms with Crippen LogP contribution in [0.2, 0.25) is 0 Å². The van der Waals surface area contributed by atoms with Gasteiger partial charge in [0, 0.05) is 35.1 Å². The molecule has 0 aliphatic rings. The van der Waals surface area contributed by atoms with E-state index in [-0.39, 0.29) is 24.0 Å². The van der Waals surface area contributed by atoms with Gasteiger partial charge in [-0.25, -0.2) is 0 Å². The number of aromatic amines is 1. The van der Waals surface area contributed by atoms with Gasteiger partial charge in [-0.2, -0.15) is 0 Å². The van der Waals surface area contributed by atoms with Crippen molar-refractivity contribution >= 4 is 22.6 Å². The van der Waals surface area contributed by atoms with Crippen LogP contribution in [-0.4, -0.2) is 27.7 Å². The monoisotopic (exact) mass is 393 g/mol. The Kier molecular flexibility index (Phi) is 8.13. The van der Waals surface area contributed by atoms with E-state index in [2.05, 4.69) is 21.4 Å². The van der Waals surface area contributed by atoms with Crippen molar-refractivity contribution in [2.24, 2.45) is 5.92 Å². The Balaban J connectivity index is 0.00000145. The fourth-order valence-electron chi connectivity index (χ4n) is 3.32. The maximum atomic E-state index is 12.6. The van der Waals surface area contributed by atoms with Crippen LogP contribution in [0.15, 0.2) is 48.9 Å². The number of carbonyl (C=O) groups excluding carboxylic acids is 2. The van der Waals surface area contributed by atoms with Crippen LogP contribution in [0.4, 0.5) is 0 Å². The molecule has 2 heterocycles. The molecule has 2 atom stereocenters. The first-order valence-corrected chi connectivity index (χ1v) is 10.3. The van der Waals surface area contributed by atoms with Gasteiger partial charge in [0.05, 0.1) is 12.5 Å². The molecule has 0 aliphatic heterocycles. The molecule has 3 rings (SSSR count). The molecule has 0 saturated carbocycles. The Morgan fingerprint density at radius 1 is 1.17 bits per heavy atom. The lowest BCUT2D eigenvalue weighted by atomic mass is 9.95. The van der Waals surface area contributed by atoms with Gasteiger partial charge in [0.1, 0.15) is 0 Å². The molecular formula is C24H31N3O2. The molecule has 0 fully saturated rings. The van der Waals surface area contributed by atoms with Crippen LogP contribution in [0.3, 0.4) is 0 Å². The van der Waals surface area contributed by atoms with Crippen LogP contribution in [0.5, 0.6) is 0 Å². The molecular weight excluding hydrogens is 362 g/mol. The number of H-pyrrole nitrogens is 1. The van der Waals surface area contributed by atoms with Crippen LogP contribution in [0.1, 0.15) is 46.6 Å². The first-order valence-electron chi connectivity index (χ1n) is 10.3. The molecule has 2 N–H and O–H groups in total. The summed E-state index contributed by atoms with van der Waals surface area (Å²) in [4.78, 5) is 31.8. The quantitative estimate of drug-likeness (QED) is 0.598. The number of nitrogens with one attached hydrogen (secondary N) is 2. The van der Waals surface area contributed by atoms with Gasteiger partial charge in [0.2, 0.25) is 5.91 Å². The largest absolute Gasteiger partial charge is 0.361 e. The zero-order chi connectivity index (χ0) is 21.4. The average molecular weight is 394 g/mol. The number of hydrogen-bond acceptors (Lipinski definition) is 3. The predicted octanol–water partition coefficient (Wildman–Crippen LogP) is 4.92. The summed E-state index contributed by atoms with van der Waals surface area (Å²) in [7, 11) is 0. The molecule has 1 aromatic carbocycles. The number of ketones is 1. The van der Waals surface area contributed by atoms with E-state index in [1.54, 1.807) is 6.20 Å². The number of rotatable bonds is 7. The van der Waals surface area contributed by atoms with Crippen molar-refractivity contribution in [1.29, 1.82) is 0 Å². The van der Waals surface area contributed by atoms with Gasteiger partial charge in [0.15, 0.2) is 5.78 Å². The Morgan fingerprint density at radius 2 is 1.93 bits per heavy atom. The van der Waals surface area contributed by atoms with Crippen LogP contribution < -0.4 is 5.32 Å². The third-order valence-electron chi connectivity index (χ3n) is 5.08. The molecule has 0 aliphatic carbocycles. The summed E-state index contributed by atoms with van der Waals surface area (Å²) in [5, 5.41) is 3.91. The second-order valence-corrected chi connectivity index (χ2v) is 7.03. The molecule has 5 heteroatoms. The fourth-order valence-corrected chi connectivity index (χ4v) is 3.32. The highest BCUT2D eigenvalue weighted by Gasteiger charge is 2.23. The number of amides is 1. The van der Waals surface area contributed by atoms with E-state index in [9.17, 15) is 9.59 Å². The molecule has 0 spiro atoms. The molecule has 1 amide bonds. The summed E-state index contributed by atoms with van der Waals surface area (Å²) in [6, 6.07) is 9.60. The van der Waals surface area contributed by atoms with Crippen LogP contribution >= 0.6 is 0 Å². The maximum Gasteiger partial charge on any atom is 0.225 e. The lowest BCUT2D eigenvalue weighted by molar-refractivity contribution is -0.127. The summed E-state index contributed by atoms with van der Waals surface area (Å²) < 4.78 is 0. The fraction of sp³-hybridized carbons (Fsp3) is 0.375. The smallest absolute Gasteiger partial charge is 0.225 e. The Labute approximate surface area is 172 Å². The maximum absolute atomic E-state index is 12.6. The molecule has 3 aromatic rings. The van der Waals surface area contributed by atoms with Gasteiger partial charge in [0.25, 0.3) is 0 Å². The molecule has 29 heavy (non-hydrogen) atoms. The number of Topliss-reactive ketones (excluding diaryl/α,β-unsaturated/α-hetero) is 1. The van der Waals surface area contributed by atoms with Gasteiger partial charge in [-0.15, -0.1) is 0 Å². The van der Waals surface area contributed by atoms with Gasteiger partial charge in [-0.05, 0) is 42.2 Å². The number of fused-ring (bicyclic) bond motifs is 1. The highest BCUT2D eigenvalue weighted by Crippen LogP contribution is 2.26. The van der Waals surface area contributed by atoms with Gasteiger partial charge in [-0.3, -0.25) is 14.6 Å². The van der Waals surface area contributed by atoms with Crippen LogP contribution in [0, 0.1) is 5.92 Å². The van der Waals surface area contributed by atoms with E-state index in [1.807, 2.05) is 64.4 Å². The lowest BCUT2D eigenvalue weighted by Gasteiger charge is -2.21. The number of carbonyl (C=O) groups is 2. The SMILES string of the molecule is CC.CC[C@H](C)C(NC(=O)Cc1c[nH]c2ccc(-c3cccnc3)cc12)C(C)=O. The van der Waals surface area contributed by atoms with Crippen molar-refractivity contribution in [2.45, 2.75) is 53.5 Å².